The number of nitrogens with zero attached hydrogens (tertiary/aromatic N) is 2. The summed E-state index contributed by atoms with van der Waals surface area (Å²) in [5.74, 6) is 0.169. The molecule has 128 valence electrons. The molecule has 0 saturated heterocycles. The molecular formula is C18H15Br2N3O2. The van der Waals surface area contributed by atoms with E-state index >= 15 is 0 Å². The standard InChI is InChI=1S/C18H15Br2N3O2/c19-9-5-18(6-10(20)16(9)24)2-4-22-15-12(18)13-11-8(1-3-21-13)7-23-14(11)17(15)25/h2,4-5,7,10,16,22,24-25H,1,3,6H2/t10-,16+,18-/m0/s1. The Morgan fingerprint density at radius 2 is 2.20 bits per heavy atom. The van der Waals surface area contributed by atoms with Gasteiger partial charge in [0.05, 0.1) is 17.1 Å². The minimum atomic E-state index is -0.584. The summed E-state index contributed by atoms with van der Waals surface area (Å²) in [7, 11) is 0. The predicted octanol–water partition coefficient (Wildman–Crippen LogP) is 2.27. The normalized spacial score (nSPS) is 31.3. The second-order valence-corrected chi connectivity index (χ2v) is 8.89. The maximum atomic E-state index is 10.9. The molecule has 0 unspecified atom stereocenters. The van der Waals surface area contributed by atoms with Gasteiger partial charge in [-0.2, -0.15) is 0 Å². The van der Waals surface area contributed by atoms with Crippen molar-refractivity contribution in [2.75, 3.05) is 11.9 Å². The van der Waals surface area contributed by atoms with Crippen LogP contribution in [0.3, 0.4) is 0 Å². The Hall–Kier alpha value is -1.44. The Bertz CT molecular complexity index is 1030. The molecule has 3 atom stereocenters. The molecule has 5 rings (SSSR count). The predicted molar refractivity (Wildman–Crippen MR) is 105 cm³/mol. The number of aliphatic hydroxyl groups is 1. The number of halogens is 2. The van der Waals surface area contributed by atoms with Gasteiger partial charge >= 0.3 is 0 Å². The van der Waals surface area contributed by atoms with Gasteiger partial charge in [-0.3, -0.25) is 9.98 Å². The van der Waals surface area contributed by atoms with Gasteiger partial charge in [0.15, 0.2) is 5.75 Å². The van der Waals surface area contributed by atoms with Crippen LogP contribution >= 0.6 is 31.9 Å². The van der Waals surface area contributed by atoms with Crippen LogP contribution in [0.1, 0.15) is 18.4 Å². The largest absolute Gasteiger partial charge is 0.504 e. The molecule has 3 heterocycles. The molecule has 0 fully saturated rings. The van der Waals surface area contributed by atoms with Gasteiger partial charge in [0.1, 0.15) is 5.69 Å². The van der Waals surface area contributed by atoms with E-state index < -0.39 is 11.5 Å². The van der Waals surface area contributed by atoms with Crippen molar-refractivity contribution in [3.63, 3.8) is 0 Å². The smallest absolute Gasteiger partial charge is 0.166 e. The summed E-state index contributed by atoms with van der Waals surface area (Å²) < 4.78 is 0.738. The first-order valence-corrected chi connectivity index (χ1v) is 9.88. The van der Waals surface area contributed by atoms with Crippen LogP contribution in [0.5, 0.6) is 5.75 Å². The van der Waals surface area contributed by atoms with Gasteiger partial charge < -0.3 is 15.5 Å². The van der Waals surface area contributed by atoms with Gasteiger partial charge in [0, 0.05) is 38.3 Å². The van der Waals surface area contributed by atoms with Crippen molar-refractivity contribution in [1.82, 2.24) is 0 Å². The monoisotopic (exact) mass is 463 g/mol. The van der Waals surface area contributed by atoms with Gasteiger partial charge in [0.25, 0.3) is 0 Å². The van der Waals surface area contributed by atoms with Crippen LogP contribution in [0, 0.1) is 0 Å². The number of allylic oxidation sites excluding steroid dienone is 2. The zero-order valence-corrected chi connectivity index (χ0v) is 16.3. The maximum absolute atomic E-state index is 10.9. The number of aliphatic imine (C=N–C) groups is 1. The molecule has 1 spiro atoms. The van der Waals surface area contributed by atoms with Crippen LogP contribution in [0.25, 0.3) is 5.57 Å². The molecule has 5 nitrogen and oxygen atoms in total. The van der Waals surface area contributed by atoms with Crippen LogP contribution < -0.4 is 15.9 Å². The molecule has 0 saturated carbocycles. The number of phenols is 1. The van der Waals surface area contributed by atoms with E-state index in [0.29, 0.717) is 17.8 Å². The minimum Gasteiger partial charge on any atom is -0.504 e. The lowest BCUT2D eigenvalue weighted by molar-refractivity contribution is 0.200. The van der Waals surface area contributed by atoms with Crippen molar-refractivity contribution in [3.8, 4) is 5.75 Å². The molecule has 0 bridgehead atoms. The second-order valence-electron chi connectivity index (χ2n) is 6.80. The van der Waals surface area contributed by atoms with Crippen LogP contribution in [0.2, 0.25) is 0 Å². The van der Waals surface area contributed by atoms with E-state index in [-0.39, 0.29) is 10.6 Å². The van der Waals surface area contributed by atoms with Gasteiger partial charge in [-0.25, -0.2) is 0 Å². The zero-order chi connectivity index (χ0) is 17.3. The van der Waals surface area contributed by atoms with Crippen LogP contribution in [-0.4, -0.2) is 33.9 Å². The summed E-state index contributed by atoms with van der Waals surface area (Å²) in [6.07, 6.45) is 8.74. The summed E-state index contributed by atoms with van der Waals surface area (Å²) in [4.78, 5) is 9.13. The zero-order valence-electron chi connectivity index (χ0n) is 13.1. The number of fused-ring (bicyclic) bond motifs is 3. The molecular weight excluding hydrogens is 450 g/mol. The fourth-order valence-electron chi connectivity index (χ4n) is 4.22. The van der Waals surface area contributed by atoms with Crippen LogP contribution in [0.15, 0.2) is 32.8 Å². The second kappa shape index (κ2) is 5.28. The van der Waals surface area contributed by atoms with E-state index in [1.165, 1.54) is 0 Å². The first-order chi connectivity index (χ1) is 12.0. The van der Waals surface area contributed by atoms with Crippen molar-refractivity contribution in [3.05, 3.63) is 39.0 Å². The Morgan fingerprint density at radius 1 is 1.36 bits per heavy atom. The SMILES string of the molecule is Oc1c2c(c3c4c1N=CC=4CCN=3)[C@@]1(C=CN2)C=C(Br)[C@@H](O)[C@@H](Br)C1. The Balaban J connectivity index is 1.91. The number of benzene rings is 1. The fourth-order valence-corrected chi connectivity index (χ4v) is 6.12. The van der Waals surface area contributed by atoms with Crippen molar-refractivity contribution in [2.45, 2.75) is 29.2 Å². The molecule has 0 radical (unpaired) electrons. The highest BCUT2D eigenvalue weighted by Gasteiger charge is 2.43. The minimum absolute atomic E-state index is 0.103. The molecule has 25 heavy (non-hydrogen) atoms. The summed E-state index contributed by atoms with van der Waals surface area (Å²) in [6.45, 7) is 0.718. The molecule has 7 heteroatoms. The van der Waals surface area contributed by atoms with E-state index in [2.05, 4.69) is 48.2 Å². The first kappa shape index (κ1) is 15.8. The van der Waals surface area contributed by atoms with Gasteiger partial charge in [-0.05, 0) is 24.6 Å². The van der Waals surface area contributed by atoms with Crippen LogP contribution in [-0.2, 0) is 5.41 Å². The molecule has 1 aromatic rings. The highest BCUT2D eigenvalue weighted by atomic mass is 79.9. The Labute approximate surface area is 160 Å². The number of hydrogen-bond donors (Lipinski definition) is 3. The highest BCUT2D eigenvalue weighted by molar-refractivity contribution is 9.12. The van der Waals surface area contributed by atoms with E-state index in [0.717, 1.165) is 39.2 Å². The molecule has 4 aliphatic rings. The number of aliphatic hydroxyl groups excluding tert-OH is 1. The first-order valence-electron chi connectivity index (χ1n) is 8.17. The fraction of sp³-hybridized carbons (Fsp3) is 0.333. The Morgan fingerprint density at radius 3 is 3.00 bits per heavy atom. The molecule has 0 amide bonds. The van der Waals surface area contributed by atoms with E-state index in [1.54, 1.807) is 0 Å². The quantitative estimate of drug-likeness (QED) is 0.407. The summed E-state index contributed by atoms with van der Waals surface area (Å²) in [6, 6.07) is 0. The average molecular weight is 465 g/mol. The number of nitrogens with one attached hydrogen (secondary N) is 1. The number of phenolic OH excluding ortho intramolecular Hbond substituents is 1. The van der Waals surface area contributed by atoms with E-state index in [4.69, 9.17) is 4.99 Å². The van der Waals surface area contributed by atoms with Crippen molar-refractivity contribution in [1.29, 1.82) is 0 Å². The van der Waals surface area contributed by atoms with Crippen molar-refractivity contribution < 1.29 is 10.2 Å². The third-order valence-corrected chi connectivity index (χ3v) is 6.89. The number of hydrogen-bond acceptors (Lipinski definition) is 5. The number of alkyl halides is 1. The summed E-state index contributed by atoms with van der Waals surface area (Å²) >= 11 is 7.13. The lowest BCUT2D eigenvalue weighted by Crippen LogP contribution is -2.45. The van der Waals surface area contributed by atoms with Gasteiger partial charge in [-0.1, -0.05) is 44.0 Å². The van der Waals surface area contributed by atoms with Gasteiger partial charge in [0.2, 0.25) is 0 Å². The molecule has 3 aliphatic heterocycles. The maximum Gasteiger partial charge on any atom is 0.166 e. The lowest BCUT2D eigenvalue weighted by Gasteiger charge is -2.40. The highest BCUT2D eigenvalue weighted by Crippen LogP contribution is 2.49. The average Bonchev–Trinajstić information content (AvgIpc) is 3.03. The third kappa shape index (κ3) is 2.03. The molecule has 0 aromatic heterocycles. The molecule has 3 N–H and O–H groups in total. The number of rotatable bonds is 0. The number of aromatic hydroxyl groups is 1. The van der Waals surface area contributed by atoms with E-state index in [1.807, 2.05) is 18.5 Å². The lowest BCUT2D eigenvalue weighted by atomic mass is 9.70. The molecule has 1 aliphatic carbocycles. The topological polar surface area (TPSA) is 77.2 Å². The Kier molecular flexibility index (Phi) is 3.34. The van der Waals surface area contributed by atoms with Gasteiger partial charge in [-0.15, -0.1) is 0 Å². The van der Waals surface area contributed by atoms with Crippen molar-refractivity contribution in [2.24, 2.45) is 9.98 Å². The third-order valence-electron chi connectivity index (χ3n) is 5.37. The number of anilines is 1. The summed E-state index contributed by atoms with van der Waals surface area (Å²) in [5, 5.41) is 26.2. The van der Waals surface area contributed by atoms with Crippen molar-refractivity contribution >= 4 is 55.0 Å². The van der Waals surface area contributed by atoms with E-state index in [9.17, 15) is 10.2 Å². The van der Waals surface area contributed by atoms with Crippen LogP contribution in [0.4, 0.5) is 11.4 Å². The molecule has 1 aromatic carbocycles. The summed E-state index contributed by atoms with van der Waals surface area (Å²) in [5.41, 5.74) is 2.91.